The van der Waals surface area contributed by atoms with Gasteiger partial charge in [0.2, 0.25) is 5.79 Å². The number of phosphoric acid groups is 1. The van der Waals surface area contributed by atoms with Crippen molar-refractivity contribution in [2.24, 2.45) is 0 Å². The maximum Gasteiger partial charge on any atom is 0.469 e. The Hall–Kier alpha value is -0.0900. The van der Waals surface area contributed by atoms with Gasteiger partial charge in [0.15, 0.2) is 0 Å². The average Bonchev–Trinajstić information content (AvgIpc) is 2.40. The van der Waals surface area contributed by atoms with Gasteiger partial charge in [0.25, 0.3) is 0 Å². The van der Waals surface area contributed by atoms with Gasteiger partial charge in [0.05, 0.1) is 13.2 Å². The van der Waals surface area contributed by atoms with Crippen LogP contribution in [0.5, 0.6) is 0 Å². The highest BCUT2D eigenvalue weighted by Crippen LogP contribution is 2.38. The van der Waals surface area contributed by atoms with Gasteiger partial charge >= 0.3 is 7.82 Å². The summed E-state index contributed by atoms with van der Waals surface area (Å²) in [7, 11) is -4.73. The van der Waals surface area contributed by atoms with E-state index in [1.165, 1.54) is 0 Å². The smallest absolute Gasteiger partial charge is 0.391 e. The lowest BCUT2D eigenvalue weighted by Gasteiger charge is -2.22. The van der Waals surface area contributed by atoms with Crippen LogP contribution in [0.15, 0.2) is 0 Å². The van der Waals surface area contributed by atoms with Crippen molar-refractivity contribution in [1.29, 1.82) is 0 Å². The summed E-state index contributed by atoms with van der Waals surface area (Å²) in [6, 6.07) is 0. The standard InChI is InChI=1S/C6H13O9P/c7-2-6(10)5(9)4(8)3(15-6)1-14-16(11,12)13/h3-5,7-10H,1-2H2,(H2,11,12,13)/t3-,4-,5-,6?/m1/s1. The monoisotopic (exact) mass is 260 g/mol. The largest absolute Gasteiger partial charge is 0.469 e. The lowest BCUT2D eigenvalue weighted by atomic mass is 10.1. The molecule has 0 bridgehead atoms. The van der Waals surface area contributed by atoms with Crippen molar-refractivity contribution >= 4 is 7.82 Å². The number of aliphatic hydroxyl groups excluding tert-OH is 3. The molecule has 0 aromatic heterocycles. The molecule has 0 spiro atoms. The van der Waals surface area contributed by atoms with E-state index >= 15 is 0 Å². The molecular formula is C6H13O9P. The number of hydrogen-bond acceptors (Lipinski definition) is 7. The summed E-state index contributed by atoms with van der Waals surface area (Å²) in [5.41, 5.74) is 0. The van der Waals surface area contributed by atoms with Crippen LogP contribution in [0.1, 0.15) is 0 Å². The van der Waals surface area contributed by atoms with Gasteiger partial charge in [-0.05, 0) is 0 Å². The third-order valence-corrected chi connectivity index (χ3v) is 2.64. The van der Waals surface area contributed by atoms with Gasteiger partial charge in [-0.25, -0.2) is 4.57 Å². The normalized spacial score (nSPS) is 40.2. The molecule has 1 aliphatic rings. The summed E-state index contributed by atoms with van der Waals surface area (Å²) in [5, 5.41) is 36.7. The van der Waals surface area contributed by atoms with Crippen molar-refractivity contribution in [3.63, 3.8) is 0 Å². The molecule has 0 amide bonds. The Morgan fingerprint density at radius 3 is 2.31 bits per heavy atom. The molecule has 0 aromatic carbocycles. The Morgan fingerprint density at radius 1 is 1.38 bits per heavy atom. The molecule has 4 atom stereocenters. The minimum atomic E-state index is -4.73. The summed E-state index contributed by atoms with van der Waals surface area (Å²) in [6.07, 6.45) is -4.76. The van der Waals surface area contributed by atoms with Crippen LogP contribution >= 0.6 is 7.82 Å². The average molecular weight is 260 g/mol. The highest BCUT2D eigenvalue weighted by molar-refractivity contribution is 7.46. The van der Waals surface area contributed by atoms with Crippen LogP contribution in [-0.2, 0) is 13.8 Å². The van der Waals surface area contributed by atoms with E-state index < -0.39 is 45.1 Å². The van der Waals surface area contributed by atoms with Crippen molar-refractivity contribution in [2.75, 3.05) is 13.2 Å². The van der Waals surface area contributed by atoms with Gasteiger partial charge in [0, 0.05) is 0 Å². The molecule has 1 fully saturated rings. The lowest BCUT2D eigenvalue weighted by Crippen LogP contribution is -2.46. The Labute approximate surface area is 90.1 Å². The molecule has 6 N–H and O–H groups in total. The van der Waals surface area contributed by atoms with Gasteiger partial charge in [-0.1, -0.05) is 0 Å². The quantitative estimate of drug-likeness (QED) is 0.288. The van der Waals surface area contributed by atoms with Crippen LogP contribution in [0.3, 0.4) is 0 Å². The third-order valence-electron chi connectivity index (χ3n) is 2.16. The zero-order chi connectivity index (χ0) is 12.6. The fraction of sp³-hybridized carbons (Fsp3) is 1.00. The number of rotatable bonds is 4. The Balaban J connectivity index is 2.61. The first-order valence-electron chi connectivity index (χ1n) is 4.27. The first-order valence-corrected chi connectivity index (χ1v) is 5.80. The Morgan fingerprint density at radius 2 is 1.94 bits per heavy atom. The van der Waals surface area contributed by atoms with E-state index in [0.29, 0.717) is 0 Å². The molecule has 96 valence electrons. The highest BCUT2D eigenvalue weighted by atomic mass is 31.2. The Bertz CT molecular complexity index is 290. The Kier molecular flexibility index (Phi) is 4.06. The van der Waals surface area contributed by atoms with Crippen molar-refractivity contribution < 1.29 is 44.0 Å². The lowest BCUT2D eigenvalue weighted by molar-refractivity contribution is -0.247. The molecule has 1 rings (SSSR count). The minimum Gasteiger partial charge on any atom is -0.391 e. The van der Waals surface area contributed by atoms with Crippen molar-refractivity contribution in [1.82, 2.24) is 0 Å². The van der Waals surface area contributed by atoms with Gasteiger partial charge in [-0.3, -0.25) is 4.52 Å². The summed E-state index contributed by atoms with van der Waals surface area (Å²) in [5.74, 6) is -2.36. The summed E-state index contributed by atoms with van der Waals surface area (Å²) in [4.78, 5) is 16.8. The molecular weight excluding hydrogens is 247 g/mol. The molecule has 0 radical (unpaired) electrons. The van der Waals surface area contributed by atoms with E-state index in [2.05, 4.69) is 9.26 Å². The summed E-state index contributed by atoms with van der Waals surface area (Å²) in [6.45, 7) is -1.71. The van der Waals surface area contributed by atoms with Gasteiger partial charge in [0.1, 0.15) is 18.3 Å². The molecule has 1 heterocycles. The fourth-order valence-corrected chi connectivity index (χ4v) is 1.65. The van der Waals surface area contributed by atoms with Crippen molar-refractivity contribution in [3.05, 3.63) is 0 Å². The van der Waals surface area contributed by atoms with Crippen LogP contribution in [0.25, 0.3) is 0 Å². The molecule has 10 heteroatoms. The zero-order valence-electron chi connectivity index (χ0n) is 8.00. The maximum atomic E-state index is 10.4. The zero-order valence-corrected chi connectivity index (χ0v) is 8.90. The number of ether oxygens (including phenoxy) is 1. The molecule has 1 saturated heterocycles. The fourth-order valence-electron chi connectivity index (χ4n) is 1.31. The van der Waals surface area contributed by atoms with E-state index in [1.54, 1.807) is 0 Å². The second-order valence-corrected chi connectivity index (χ2v) is 4.62. The molecule has 9 nitrogen and oxygen atoms in total. The first-order chi connectivity index (χ1) is 7.19. The number of phosphoric ester groups is 1. The van der Waals surface area contributed by atoms with E-state index in [0.717, 1.165) is 0 Å². The SMILES string of the molecule is O=P(O)(O)OC[C@H]1OC(O)(CO)[C@H](O)[C@@H]1O. The second-order valence-electron chi connectivity index (χ2n) is 3.38. The summed E-state index contributed by atoms with van der Waals surface area (Å²) >= 11 is 0. The van der Waals surface area contributed by atoms with E-state index in [9.17, 15) is 19.9 Å². The van der Waals surface area contributed by atoms with Crippen LogP contribution in [-0.4, -0.2) is 67.5 Å². The van der Waals surface area contributed by atoms with Gasteiger partial charge in [-0.15, -0.1) is 0 Å². The van der Waals surface area contributed by atoms with Crippen LogP contribution < -0.4 is 0 Å². The third kappa shape index (κ3) is 2.98. The molecule has 1 unspecified atom stereocenters. The maximum absolute atomic E-state index is 10.4. The molecule has 16 heavy (non-hydrogen) atoms. The second kappa shape index (κ2) is 4.65. The predicted molar refractivity (Wildman–Crippen MR) is 46.9 cm³/mol. The number of hydrogen-bond donors (Lipinski definition) is 6. The van der Waals surface area contributed by atoms with E-state index in [-0.39, 0.29) is 0 Å². The van der Waals surface area contributed by atoms with Crippen molar-refractivity contribution in [2.45, 2.75) is 24.1 Å². The molecule has 0 aliphatic carbocycles. The van der Waals surface area contributed by atoms with Gasteiger partial charge in [-0.2, -0.15) is 0 Å². The predicted octanol–water partition coefficient (Wildman–Crippen LogP) is -3.10. The van der Waals surface area contributed by atoms with E-state index in [4.69, 9.17) is 14.9 Å². The van der Waals surface area contributed by atoms with Crippen LogP contribution in [0.4, 0.5) is 0 Å². The molecule has 1 aliphatic heterocycles. The first kappa shape index (κ1) is 14.0. The van der Waals surface area contributed by atoms with Gasteiger partial charge < -0.3 is 34.9 Å². The topological polar surface area (TPSA) is 157 Å². The van der Waals surface area contributed by atoms with Crippen LogP contribution in [0.2, 0.25) is 0 Å². The van der Waals surface area contributed by atoms with E-state index in [1.807, 2.05) is 0 Å². The minimum absolute atomic E-state index is 0.731. The summed E-state index contributed by atoms with van der Waals surface area (Å²) < 4.78 is 19.1. The van der Waals surface area contributed by atoms with Crippen LogP contribution in [0, 0.1) is 0 Å². The number of aliphatic hydroxyl groups is 4. The molecule has 0 saturated carbocycles. The van der Waals surface area contributed by atoms with Crippen molar-refractivity contribution in [3.8, 4) is 0 Å². The highest BCUT2D eigenvalue weighted by Gasteiger charge is 2.53. The molecule has 0 aromatic rings.